The van der Waals surface area contributed by atoms with Gasteiger partial charge in [-0.25, -0.2) is 4.98 Å². The Morgan fingerprint density at radius 3 is 2.70 bits per heavy atom. The Hall–Kier alpha value is -2.02. The van der Waals surface area contributed by atoms with Crippen LogP contribution in [0.25, 0.3) is 0 Å². The number of hydrogen-bond acceptors (Lipinski definition) is 3. The molecule has 0 amide bonds. The predicted octanol–water partition coefficient (Wildman–Crippen LogP) is 2.88. The van der Waals surface area contributed by atoms with E-state index in [2.05, 4.69) is 9.72 Å². The number of ether oxygens (including phenoxy) is 1. The predicted molar refractivity (Wildman–Crippen MR) is 65.1 cm³/mol. The fourth-order valence-electron chi connectivity index (χ4n) is 1.90. The summed E-state index contributed by atoms with van der Waals surface area (Å²) in [6.45, 7) is 2.39. The SMILES string of the molecule is CCn1ccnc1C(O)c1ccccc1OC(F)(F)F. The molecular formula is C13H13F3N2O2. The largest absolute Gasteiger partial charge is 0.573 e. The normalized spacial score (nSPS) is 13.2. The molecule has 1 aromatic heterocycles. The molecular weight excluding hydrogens is 273 g/mol. The number of alkyl halides is 3. The molecule has 1 unspecified atom stereocenters. The first-order valence-electron chi connectivity index (χ1n) is 5.96. The molecule has 0 aliphatic rings. The Balaban J connectivity index is 2.37. The van der Waals surface area contributed by atoms with Gasteiger partial charge in [-0.1, -0.05) is 18.2 Å². The summed E-state index contributed by atoms with van der Waals surface area (Å²) in [7, 11) is 0. The lowest BCUT2D eigenvalue weighted by Crippen LogP contribution is -2.19. The summed E-state index contributed by atoms with van der Waals surface area (Å²) < 4.78 is 42.6. The van der Waals surface area contributed by atoms with Crippen molar-refractivity contribution < 1.29 is 23.0 Å². The zero-order valence-electron chi connectivity index (χ0n) is 10.6. The molecule has 0 saturated carbocycles. The van der Waals surface area contributed by atoms with Crippen molar-refractivity contribution in [2.45, 2.75) is 25.9 Å². The molecule has 0 spiro atoms. The smallest absolute Gasteiger partial charge is 0.405 e. The van der Waals surface area contributed by atoms with Gasteiger partial charge in [0.05, 0.1) is 0 Å². The first-order valence-corrected chi connectivity index (χ1v) is 5.96. The molecule has 1 aromatic carbocycles. The number of benzene rings is 1. The Bertz CT molecular complexity index is 581. The first kappa shape index (κ1) is 14.4. The topological polar surface area (TPSA) is 47.3 Å². The van der Waals surface area contributed by atoms with Crippen molar-refractivity contribution in [1.82, 2.24) is 9.55 Å². The Kier molecular flexibility index (Phi) is 3.99. The van der Waals surface area contributed by atoms with Crippen LogP contribution in [0.5, 0.6) is 5.75 Å². The van der Waals surface area contributed by atoms with Crippen LogP contribution in [0.15, 0.2) is 36.7 Å². The number of aliphatic hydroxyl groups is 1. The molecule has 20 heavy (non-hydrogen) atoms. The van der Waals surface area contributed by atoms with Gasteiger partial charge in [0, 0.05) is 24.5 Å². The molecule has 108 valence electrons. The van der Waals surface area contributed by atoms with Crippen LogP contribution in [0.3, 0.4) is 0 Å². The Labute approximate surface area is 113 Å². The maximum Gasteiger partial charge on any atom is 0.573 e. The third kappa shape index (κ3) is 3.11. The summed E-state index contributed by atoms with van der Waals surface area (Å²) in [4.78, 5) is 3.98. The first-order chi connectivity index (χ1) is 9.42. The minimum Gasteiger partial charge on any atom is -0.405 e. The molecule has 0 aliphatic heterocycles. The van der Waals surface area contributed by atoms with Gasteiger partial charge in [-0.2, -0.15) is 0 Å². The van der Waals surface area contributed by atoms with Gasteiger partial charge in [-0.3, -0.25) is 0 Å². The van der Waals surface area contributed by atoms with Crippen molar-refractivity contribution in [3.05, 3.63) is 48.0 Å². The average Bonchev–Trinajstić information content (AvgIpc) is 2.85. The van der Waals surface area contributed by atoms with Gasteiger partial charge >= 0.3 is 6.36 Å². The van der Waals surface area contributed by atoms with Crippen LogP contribution in [0.2, 0.25) is 0 Å². The molecule has 0 saturated heterocycles. The van der Waals surface area contributed by atoms with Crippen molar-refractivity contribution >= 4 is 0 Å². The molecule has 0 bridgehead atoms. The second-order valence-electron chi connectivity index (χ2n) is 4.06. The highest BCUT2D eigenvalue weighted by atomic mass is 19.4. The van der Waals surface area contributed by atoms with E-state index in [9.17, 15) is 18.3 Å². The summed E-state index contributed by atoms with van der Waals surface area (Å²) in [5.41, 5.74) is 0.0192. The summed E-state index contributed by atoms with van der Waals surface area (Å²) in [5, 5.41) is 10.2. The van der Waals surface area contributed by atoms with Crippen LogP contribution in [-0.4, -0.2) is 21.0 Å². The van der Waals surface area contributed by atoms with Crippen LogP contribution in [0.1, 0.15) is 24.4 Å². The lowest BCUT2D eigenvalue weighted by molar-refractivity contribution is -0.275. The van der Waals surface area contributed by atoms with E-state index in [1.54, 1.807) is 10.8 Å². The van der Waals surface area contributed by atoms with Crippen LogP contribution >= 0.6 is 0 Å². The number of hydrogen-bond donors (Lipinski definition) is 1. The Morgan fingerprint density at radius 2 is 2.05 bits per heavy atom. The number of para-hydroxylation sites is 1. The fourth-order valence-corrected chi connectivity index (χ4v) is 1.90. The lowest BCUT2D eigenvalue weighted by Gasteiger charge is -2.17. The van der Waals surface area contributed by atoms with Gasteiger partial charge in [0.2, 0.25) is 0 Å². The summed E-state index contributed by atoms with van der Waals surface area (Å²) in [6, 6.07) is 5.47. The van der Waals surface area contributed by atoms with E-state index < -0.39 is 18.2 Å². The summed E-state index contributed by atoms with van der Waals surface area (Å²) >= 11 is 0. The van der Waals surface area contributed by atoms with Gasteiger partial charge in [0.1, 0.15) is 17.7 Å². The highest BCUT2D eigenvalue weighted by Gasteiger charge is 2.33. The standard InChI is InChI=1S/C13H13F3N2O2/c1-2-18-8-7-17-12(18)11(19)9-5-3-4-6-10(9)20-13(14,15)16/h3-8,11,19H,2H2,1H3. The van der Waals surface area contributed by atoms with Crippen LogP contribution in [0, 0.1) is 0 Å². The van der Waals surface area contributed by atoms with Gasteiger partial charge in [0.15, 0.2) is 0 Å². The molecule has 1 heterocycles. The van der Waals surface area contributed by atoms with E-state index in [1.165, 1.54) is 24.4 Å². The molecule has 1 N–H and O–H groups in total. The number of halogens is 3. The molecule has 0 aliphatic carbocycles. The van der Waals surface area contributed by atoms with Crippen molar-refractivity contribution in [1.29, 1.82) is 0 Å². The third-order valence-corrected chi connectivity index (χ3v) is 2.77. The number of imidazole rings is 1. The van der Waals surface area contributed by atoms with Crippen LogP contribution < -0.4 is 4.74 Å². The number of nitrogens with zero attached hydrogens (tertiary/aromatic N) is 2. The minimum absolute atomic E-state index is 0.0192. The molecule has 2 aromatic rings. The van der Waals surface area contributed by atoms with E-state index in [-0.39, 0.29) is 11.4 Å². The monoisotopic (exact) mass is 286 g/mol. The van der Waals surface area contributed by atoms with E-state index in [0.29, 0.717) is 6.54 Å². The summed E-state index contributed by atoms with van der Waals surface area (Å²) in [6.07, 6.45) is -2.97. The molecule has 2 rings (SSSR count). The maximum absolute atomic E-state index is 12.3. The zero-order valence-corrected chi connectivity index (χ0v) is 10.6. The average molecular weight is 286 g/mol. The van der Waals surface area contributed by atoms with Crippen molar-refractivity contribution in [3.8, 4) is 5.75 Å². The van der Waals surface area contributed by atoms with Crippen LogP contribution in [-0.2, 0) is 6.54 Å². The molecule has 0 fully saturated rings. The maximum atomic E-state index is 12.3. The molecule has 4 nitrogen and oxygen atoms in total. The van der Waals surface area contributed by atoms with Gasteiger partial charge < -0.3 is 14.4 Å². The number of aliphatic hydroxyl groups excluding tert-OH is 1. The lowest BCUT2D eigenvalue weighted by atomic mass is 10.1. The fraction of sp³-hybridized carbons (Fsp3) is 0.308. The van der Waals surface area contributed by atoms with Crippen molar-refractivity contribution in [3.63, 3.8) is 0 Å². The second kappa shape index (κ2) is 5.54. The highest BCUT2D eigenvalue weighted by molar-refractivity contribution is 5.38. The number of rotatable bonds is 4. The van der Waals surface area contributed by atoms with Crippen molar-refractivity contribution in [2.75, 3.05) is 0 Å². The van der Waals surface area contributed by atoms with E-state index in [1.807, 2.05) is 6.92 Å². The van der Waals surface area contributed by atoms with Gasteiger partial charge in [0.25, 0.3) is 0 Å². The molecule has 7 heteroatoms. The Morgan fingerprint density at radius 1 is 1.35 bits per heavy atom. The quantitative estimate of drug-likeness (QED) is 0.940. The molecule has 1 atom stereocenters. The van der Waals surface area contributed by atoms with Crippen molar-refractivity contribution in [2.24, 2.45) is 0 Å². The molecule has 0 radical (unpaired) electrons. The minimum atomic E-state index is -4.81. The van der Waals surface area contributed by atoms with Gasteiger partial charge in [-0.05, 0) is 13.0 Å². The van der Waals surface area contributed by atoms with E-state index in [4.69, 9.17) is 0 Å². The summed E-state index contributed by atoms with van der Waals surface area (Å²) in [5.74, 6) is -0.163. The van der Waals surface area contributed by atoms with E-state index in [0.717, 1.165) is 6.07 Å². The number of aryl methyl sites for hydroxylation is 1. The number of aromatic nitrogens is 2. The van der Waals surface area contributed by atoms with Gasteiger partial charge in [-0.15, -0.1) is 13.2 Å². The highest BCUT2D eigenvalue weighted by Crippen LogP contribution is 2.32. The van der Waals surface area contributed by atoms with E-state index >= 15 is 0 Å². The van der Waals surface area contributed by atoms with Crippen LogP contribution in [0.4, 0.5) is 13.2 Å². The second-order valence-corrected chi connectivity index (χ2v) is 4.06. The zero-order chi connectivity index (χ0) is 14.8. The third-order valence-electron chi connectivity index (χ3n) is 2.77.